The molecule has 0 aliphatic rings. The van der Waals surface area contributed by atoms with Crippen LogP contribution < -0.4 is 10.4 Å². The molecule has 0 atom stereocenters. The second-order valence-electron chi connectivity index (χ2n) is 4.37. The number of benzene rings is 1. The van der Waals surface area contributed by atoms with Gasteiger partial charge in [0.15, 0.2) is 11.5 Å². The highest BCUT2D eigenvalue weighted by molar-refractivity contribution is 5.96. The Hall–Kier alpha value is -3.03. The van der Waals surface area contributed by atoms with Crippen LogP contribution in [0, 0.1) is 15.5 Å². The second kappa shape index (κ2) is 6.61. The zero-order valence-corrected chi connectivity index (χ0v) is 11.9. The largest absolute Gasteiger partial charge is 0.487 e. The zero-order chi connectivity index (χ0) is 16.1. The maximum absolute atomic E-state index is 12.2. The minimum Gasteiger partial charge on any atom is -0.487 e. The highest BCUT2D eigenvalue weighted by Gasteiger charge is 2.18. The Morgan fingerprint density at radius 1 is 1.50 bits per heavy atom. The summed E-state index contributed by atoms with van der Waals surface area (Å²) < 4.78 is 6.52. The number of hydrogen-bond acceptors (Lipinski definition) is 6. The number of carbonyl (C=O) groups is 1. The Labute approximate surface area is 125 Å². The lowest BCUT2D eigenvalue weighted by Crippen LogP contribution is -2.25. The number of nitro benzene ring substituents is 1. The van der Waals surface area contributed by atoms with Gasteiger partial charge in [0, 0.05) is 24.0 Å². The molecule has 1 N–H and O–H groups in total. The van der Waals surface area contributed by atoms with Crippen LogP contribution in [0.25, 0.3) is 0 Å². The minimum absolute atomic E-state index is 0.0590. The zero-order valence-electron chi connectivity index (χ0n) is 11.9. The average molecular weight is 302 g/mol. The van der Waals surface area contributed by atoms with Gasteiger partial charge >= 0.3 is 5.69 Å². The summed E-state index contributed by atoms with van der Waals surface area (Å²) in [7, 11) is 0. The highest BCUT2D eigenvalue weighted by atomic mass is 16.6. The van der Waals surface area contributed by atoms with E-state index < -0.39 is 4.92 Å². The van der Waals surface area contributed by atoms with E-state index in [1.165, 1.54) is 29.0 Å². The molecule has 0 bridgehead atoms. The van der Waals surface area contributed by atoms with Crippen molar-refractivity contribution in [3.8, 4) is 5.75 Å². The van der Waals surface area contributed by atoms with Gasteiger partial charge in [-0.05, 0) is 25.1 Å². The van der Waals surface area contributed by atoms with Gasteiger partial charge in [0.05, 0.1) is 18.1 Å². The van der Waals surface area contributed by atoms with E-state index in [-0.39, 0.29) is 34.9 Å². The van der Waals surface area contributed by atoms with Crippen LogP contribution in [0.4, 0.5) is 5.69 Å². The van der Waals surface area contributed by atoms with E-state index in [0.29, 0.717) is 6.61 Å². The van der Waals surface area contributed by atoms with Crippen LogP contribution in [0.2, 0.25) is 0 Å². The first kappa shape index (κ1) is 15.4. The molecule has 8 heteroatoms. The summed E-state index contributed by atoms with van der Waals surface area (Å²) in [6.45, 7) is 1.90. The van der Waals surface area contributed by atoms with Crippen LogP contribution in [-0.2, 0) is 6.54 Å². The lowest BCUT2D eigenvalue weighted by molar-refractivity contribution is -0.385. The average Bonchev–Trinajstić information content (AvgIpc) is 2.50. The Balaban J connectivity index is 2.30. The fraction of sp³-hybridized carbons (Fsp3) is 0.214. The van der Waals surface area contributed by atoms with E-state index in [0.717, 1.165) is 0 Å². The van der Waals surface area contributed by atoms with Gasteiger partial charge < -0.3 is 9.30 Å². The van der Waals surface area contributed by atoms with E-state index in [9.17, 15) is 14.9 Å². The molecular formula is C14H14N4O4. The number of aromatic nitrogens is 2. The molecule has 2 rings (SSSR count). The molecule has 1 aromatic heterocycles. The van der Waals surface area contributed by atoms with E-state index >= 15 is 0 Å². The lowest BCUT2D eigenvalue weighted by atomic mass is 10.1. The van der Waals surface area contributed by atoms with Crippen LogP contribution in [0.3, 0.4) is 0 Å². The molecule has 0 aliphatic heterocycles. The number of nitrogens with zero attached hydrogens (tertiary/aromatic N) is 3. The number of nitro groups is 1. The highest BCUT2D eigenvalue weighted by Crippen LogP contribution is 2.28. The van der Waals surface area contributed by atoms with E-state index in [4.69, 9.17) is 10.1 Å². The van der Waals surface area contributed by atoms with E-state index in [2.05, 4.69) is 4.98 Å². The van der Waals surface area contributed by atoms with Crippen molar-refractivity contribution in [3.05, 3.63) is 58.0 Å². The number of carbonyl (C=O) groups excluding carboxylic acids is 1. The molecular weight excluding hydrogens is 288 g/mol. The predicted octanol–water partition coefficient (Wildman–Crippen LogP) is 1.55. The van der Waals surface area contributed by atoms with Gasteiger partial charge in [0.1, 0.15) is 0 Å². The second-order valence-corrected chi connectivity index (χ2v) is 4.37. The fourth-order valence-electron chi connectivity index (χ4n) is 1.89. The summed E-state index contributed by atoms with van der Waals surface area (Å²) in [4.78, 5) is 26.4. The van der Waals surface area contributed by atoms with Crippen LogP contribution in [-0.4, -0.2) is 26.9 Å². The van der Waals surface area contributed by atoms with Crippen molar-refractivity contribution in [2.45, 2.75) is 13.5 Å². The van der Waals surface area contributed by atoms with E-state index in [1.54, 1.807) is 19.2 Å². The van der Waals surface area contributed by atoms with Crippen LogP contribution >= 0.6 is 0 Å². The first-order valence-electron chi connectivity index (χ1n) is 6.53. The Bertz CT molecular complexity index is 769. The van der Waals surface area contributed by atoms with Gasteiger partial charge in [0.2, 0.25) is 5.62 Å². The third-order valence-corrected chi connectivity index (χ3v) is 2.91. The molecule has 0 aliphatic carbocycles. The minimum atomic E-state index is -0.588. The Morgan fingerprint density at radius 3 is 2.91 bits per heavy atom. The van der Waals surface area contributed by atoms with Crippen LogP contribution in [0.1, 0.15) is 17.3 Å². The molecule has 22 heavy (non-hydrogen) atoms. The number of ketones is 1. The fourth-order valence-corrected chi connectivity index (χ4v) is 1.89. The van der Waals surface area contributed by atoms with Crippen molar-refractivity contribution in [1.82, 2.24) is 9.55 Å². The maximum Gasteiger partial charge on any atom is 0.311 e. The molecule has 0 saturated carbocycles. The Morgan fingerprint density at radius 2 is 2.27 bits per heavy atom. The van der Waals surface area contributed by atoms with Gasteiger partial charge in [-0.2, -0.15) is 0 Å². The SMILES string of the molecule is CCOc1ccc(C(=O)Cn2cccnc2=N)cc1[N+](=O)[O-]. The molecule has 1 aromatic carbocycles. The number of ether oxygens (including phenoxy) is 1. The summed E-state index contributed by atoms with van der Waals surface area (Å²) in [6, 6.07) is 5.67. The summed E-state index contributed by atoms with van der Waals surface area (Å²) >= 11 is 0. The Kier molecular flexibility index (Phi) is 4.62. The van der Waals surface area contributed by atoms with Crippen molar-refractivity contribution in [2.24, 2.45) is 0 Å². The normalized spacial score (nSPS) is 10.2. The third kappa shape index (κ3) is 3.35. The van der Waals surface area contributed by atoms with E-state index in [1.807, 2.05) is 0 Å². The summed E-state index contributed by atoms with van der Waals surface area (Å²) in [5.41, 5.74) is -0.128. The van der Waals surface area contributed by atoms with Gasteiger partial charge in [-0.15, -0.1) is 0 Å². The number of rotatable bonds is 6. The van der Waals surface area contributed by atoms with Gasteiger partial charge in [-0.25, -0.2) is 4.98 Å². The van der Waals surface area contributed by atoms with Gasteiger partial charge in [-0.3, -0.25) is 20.3 Å². The molecule has 114 valence electrons. The summed E-state index contributed by atoms with van der Waals surface area (Å²) in [6.07, 6.45) is 3.00. The van der Waals surface area contributed by atoms with Gasteiger partial charge in [-0.1, -0.05) is 0 Å². The summed E-state index contributed by atoms with van der Waals surface area (Å²) in [5, 5.41) is 18.7. The van der Waals surface area contributed by atoms with Gasteiger partial charge in [0.25, 0.3) is 0 Å². The first-order chi connectivity index (χ1) is 10.5. The molecule has 0 radical (unpaired) electrons. The van der Waals surface area contributed by atoms with Crippen molar-refractivity contribution in [3.63, 3.8) is 0 Å². The number of hydrogen-bond donors (Lipinski definition) is 1. The van der Waals surface area contributed by atoms with Crippen molar-refractivity contribution in [2.75, 3.05) is 6.61 Å². The van der Waals surface area contributed by atoms with Crippen molar-refractivity contribution < 1.29 is 14.5 Å². The maximum atomic E-state index is 12.2. The van der Waals surface area contributed by atoms with Crippen LogP contribution in [0.15, 0.2) is 36.7 Å². The predicted molar refractivity (Wildman–Crippen MR) is 76.7 cm³/mol. The monoisotopic (exact) mass is 302 g/mol. The quantitative estimate of drug-likeness (QED) is 0.494. The molecule has 0 saturated heterocycles. The molecule has 0 amide bonds. The molecule has 1 heterocycles. The van der Waals surface area contributed by atoms with Crippen molar-refractivity contribution >= 4 is 11.5 Å². The summed E-state index contributed by atoms with van der Waals surface area (Å²) in [5.74, 6) is -0.225. The van der Waals surface area contributed by atoms with Crippen molar-refractivity contribution in [1.29, 1.82) is 5.41 Å². The molecule has 2 aromatic rings. The number of Topliss-reactive ketones (excluding diaryl/α,β-unsaturated/α-hetero) is 1. The first-order valence-corrected chi connectivity index (χ1v) is 6.53. The molecule has 0 unspecified atom stereocenters. The molecule has 8 nitrogen and oxygen atoms in total. The topological polar surface area (TPSA) is 111 Å². The molecule has 0 spiro atoms. The smallest absolute Gasteiger partial charge is 0.311 e. The molecule has 0 fully saturated rings. The van der Waals surface area contributed by atoms with Crippen LogP contribution in [0.5, 0.6) is 5.75 Å². The lowest BCUT2D eigenvalue weighted by Gasteiger charge is -2.07. The third-order valence-electron chi connectivity index (χ3n) is 2.91. The standard InChI is InChI=1S/C14H14N4O4/c1-2-22-13-5-4-10(8-11(13)18(20)21)12(19)9-17-7-3-6-16-14(17)15/h3-8,15H,2,9H2,1H3. The number of nitrogens with one attached hydrogen (secondary N) is 1.